The smallest absolute Gasteiger partial charge is 0.269 e. The molecule has 0 rings (SSSR count). The van der Waals surface area contributed by atoms with Crippen molar-refractivity contribution >= 4 is 25.8 Å². The van der Waals surface area contributed by atoms with Crippen molar-refractivity contribution in [2.75, 3.05) is 0 Å². The molecule has 0 aliphatic rings. The summed E-state index contributed by atoms with van der Waals surface area (Å²) < 4.78 is 22.3. The van der Waals surface area contributed by atoms with Gasteiger partial charge in [-0.05, 0) is 5.92 Å². The van der Waals surface area contributed by atoms with Gasteiger partial charge in [0, 0.05) is 16.3 Å². The van der Waals surface area contributed by atoms with Crippen molar-refractivity contribution in [2.24, 2.45) is 5.92 Å². The summed E-state index contributed by atoms with van der Waals surface area (Å²) in [7, 11) is 0.786. The molecule has 0 aliphatic heterocycles. The van der Waals surface area contributed by atoms with Gasteiger partial charge in [-0.2, -0.15) is 8.42 Å². The second-order valence-electron chi connectivity index (χ2n) is 2.55. The summed E-state index contributed by atoms with van der Waals surface area (Å²) >= 11 is 0. The van der Waals surface area contributed by atoms with Crippen molar-refractivity contribution < 1.29 is 13.2 Å². The van der Waals surface area contributed by atoms with Gasteiger partial charge < -0.3 is 0 Å². The van der Waals surface area contributed by atoms with Gasteiger partial charge in [0.15, 0.2) is 0 Å². The zero-order valence-electron chi connectivity index (χ0n) is 6.80. The van der Waals surface area contributed by atoms with Crippen LogP contribution < -0.4 is 4.72 Å². The van der Waals surface area contributed by atoms with Crippen LogP contribution in [0.4, 0.5) is 0 Å². The minimum absolute atomic E-state index is 0.108. The lowest BCUT2D eigenvalue weighted by molar-refractivity contribution is -0.116. The van der Waals surface area contributed by atoms with Gasteiger partial charge >= 0.3 is 9.24 Å². The summed E-state index contributed by atoms with van der Waals surface area (Å²) in [6.07, 6.45) is 0. The van der Waals surface area contributed by atoms with E-state index in [0.717, 1.165) is 0 Å². The van der Waals surface area contributed by atoms with Gasteiger partial charge in [-0.3, -0.25) is 4.79 Å². The molecule has 0 aliphatic carbocycles. The lowest BCUT2D eigenvalue weighted by Gasteiger charge is -2.06. The Morgan fingerprint density at radius 3 is 2.17 bits per heavy atom. The van der Waals surface area contributed by atoms with Crippen molar-refractivity contribution in [2.45, 2.75) is 13.8 Å². The summed E-state index contributed by atoms with van der Waals surface area (Å²) in [6.45, 7) is 6.85. The average molecular weight is 212 g/mol. The molecule has 0 aromatic carbocycles. The molecule has 0 unspecified atom stereocenters. The number of amides is 1. The van der Waals surface area contributed by atoms with Crippen LogP contribution in [-0.2, 0) is 14.0 Å². The Hall–Kier alpha value is -0.550. The number of hydrogen-bond donors (Lipinski definition) is 1. The van der Waals surface area contributed by atoms with E-state index in [9.17, 15) is 13.2 Å². The SMILES string of the molecule is C=C(C(=O)NS(=O)(=O)Cl)C(C)C. The highest BCUT2D eigenvalue weighted by Gasteiger charge is 2.15. The van der Waals surface area contributed by atoms with E-state index in [-0.39, 0.29) is 11.5 Å². The number of rotatable bonds is 3. The fourth-order valence-electron chi connectivity index (χ4n) is 0.438. The van der Waals surface area contributed by atoms with Crippen molar-refractivity contribution in [1.29, 1.82) is 0 Å². The molecule has 1 amide bonds. The molecule has 0 aromatic rings. The molecule has 6 heteroatoms. The number of halogens is 1. The third-order valence-corrected chi connectivity index (χ3v) is 1.86. The highest BCUT2D eigenvalue weighted by atomic mass is 35.7. The molecule has 12 heavy (non-hydrogen) atoms. The lowest BCUT2D eigenvalue weighted by Crippen LogP contribution is -2.29. The van der Waals surface area contributed by atoms with Crippen LogP contribution in [-0.4, -0.2) is 14.3 Å². The Balaban J connectivity index is 4.36. The monoisotopic (exact) mass is 211 g/mol. The molecule has 0 bridgehead atoms. The average Bonchev–Trinajstić information content (AvgIpc) is 1.82. The number of carbonyl (C=O) groups excluding carboxylic acids is 1. The standard InChI is InChI=1S/C6H10ClNO3S/c1-4(2)5(3)6(9)8-12(7,10)11/h4H,3H2,1-2H3,(H,8,9). The summed E-state index contributed by atoms with van der Waals surface area (Å²) in [6, 6.07) is 0. The molecule has 4 nitrogen and oxygen atoms in total. The van der Waals surface area contributed by atoms with Crippen molar-refractivity contribution in [3.8, 4) is 0 Å². The largest absolute Gasteiger partial charge is 0.321 e. The number of hydrogen-bond acceptors (Lipinski definition) is 3. The van der Waals surface area contributed by atoms with E-state index in [0.29, 0.717) is 0 Å². The van der Waals surface area contributed by atoms with E-state index in [1.165, 1.54) is 0 Å². The van der Waals surface area contributed by atoms with E-state index < -0.39 is 15.1 Å². The lowest BCUT2D eigenvalue weighted by atomic mass is 10.1. The van der Waals surface area contributed by atoms with Crippen LogP contribution in [0.3, 0.4) is 0 Å². The third-order valence-electron chi connectivity index (χ3n) is 1.20. The van der Waals surface area contributed by atoms with E-state index in [1.54, 1.807) is 18.6 Å². The Labute approximate surface area is 76.2 Å². The van der Waals surface area contributed by atoms with Crippen LogP contribution in [0.5, 0.6) is 0 Å². The second kappa shape index (κ2) is 3.91. The first-order valence-corrected chi connectivity index (χ1v) is 5.50. The summed E-state index contributed by atoms with van der Waals surface area (Å²) in [5.74, 6) is -0.872. The van der Waals surface area contributed by atoms with Crippen LogP contribution in [0.15, 0.2) is 12.2 Å². The number of nitrogens with one attached hydrogen (secondary N) is 1. The summed E-state index contributed by atoms with van der Waals surface area (Å²) in [5, 5.41) is 0. The quantitative estimate of drug-likeness (QED) is 0.555. The number of carbonyl (C=O) groups is 1. The molecule has 70 valence electrons. The van der Waals surface area contributed by atoms with Crippen LogP contribution in [0.25, 0.3) is 0 Å². The molecule has 0 radical (unpaired) electrons. The highest BCUT2D eigenvalue weighted by Crippen LogP contribution is 2.07. The molecule has 0 aromatic heterocycles. The molecular weight excluding hydrogens is 202 g/mol. The zero-order chi connectivity index (χ0) is 9.94. The van der Waals surface area contributed by atoms with Crippen molar-refractivity contribution in [1.82, 2.24) is 4.72 Å². The van der Waals surface area contributed by atoms with E-state index in [1.807, 2.05) is 0 Å². The first-order valence-electron chi connectivity index (χ1n) is 3.19. The first-order chi connectivity index (χ1) is 5.24. The van der Waals surface area contributed by atoms with Gasteiger partial charge in [0.2, 0.25) is 0 Å². The van der Waals surface area contributed by atoms with Crippen LogP contribution >= 0.6 is 10.7 Å². The predicted molar refractivity (Wildman–Crippen MR) is 46.9 cm³/mol. The van der Waals surface area contributed by atoms with Gasteiger partial charge in [0.1, 0.15) is 0 Å². The van der Waals surface area contributed by atoms with E-state index in [4.69, 9.17) is 10.7 Å². The molecule has 0 fully saturated rings. The molecule has 0 saturated heterocycles. The van der Waals surface area contributed by atoms with E-state index >= 15 is 0 Å². The maximum absolute atomic E-state index is 10.9. The predicted octanol–water partition coefficient (Wildman–Crippen LogP) is 0.798. The van der Waals surface area contributed by atoms with Gasteiger partial charge in [0.05, 0.1) is 0 Å². The minimum Gasteiger partial charge on any atom is -0.269 e. The van der Waals surface area contributed by atoms with E-state index in [2.05, 4.69) is 6.58 Å². The van der Waals surface area contributed by atoms with Crippen LogP contribution in [0.2, 0.25) is 0 Å². The van der Waals surface area contributed by atoms with Gasteiger partial charge in [-0.15, -0.1) is 0 Å². The van der Waals surface area contributed by atoms with Crippen LogP contribution in [0, 0.1) is 5.92 Å². The molecule has 0 saturated carbocycles. The molecule has 0 atom stereocenters. The van der Waals surface area contributed by atoms with Gasteiger partial charge in [-0.25, -0.2) is 4.72 Å². The Morgan fingerprint density at radius 2 is 1.92 bits per heavy atom. The maximum atomic E-state index is 10.9. The third kappa shape index (κ3) is 4.35. The Morgan fingerprint density at radius 1 is 1.50 bits per heavy atom. The maximum Gasteiger partial charge on any atom is 0.321 e. The molecule has 0 heterocycles. The molecule has 0 spiro atoms. The first kappa shape index (κ1) is 11.4. The fourth-order valence-corrected chi connectivity index (χ4v) is 1.00. The van der Waals surface area contributed by atoms with Gasteiger partial charge in [-0.1, -0.05) is 20.4 Å². The Kier molecular flexibility index (Phi) is 3.73. The molecule has 1 N–H and O–H groups in total. The molecular formula is C6H10ClNO3S. The fraction of sp³-hybridized carbons (Fsp3) is 0.500. The van der Waals surface area contributed by atoms with Crippen molar-refractivity contribution in [3.05, 3.63) is 12.2 Å². The van der Waals surface area contributed by atoms with Crippen LogP contribution in [0.1, 0.15) is 13.8 Å². The summed E-state index contributed by atoms with van der Waals surface area (Å²) in [4.78, 5) is 10.9. The van der Waals surface area contributed by atoms with Gasteiger partial charge in [0.25, 0.3) is 5.91 Å². The second-order valence-corrected chi connectivity index (χ2v) is 4.85. The zero-order valence-corrected chi connectivity index (χ0v) is 8.37. The highest BCUT2D eigenvalue weighted by molar-refractivity contribution is 8.12. The summed E-state index contributed by atoms with van der Waals surface area (Å²) in [5.41, 5.74) is 0.180. The van der Waals surface area contributed by atoms with Crippen molar-refractivity contribution in [3.63, 3.8) is 0 Å². The normalized spacial score (nSPS) is 11.3. The Bertz CT molecular complexity index is 294. The topological polar surface area (TPSA) is 63.2 Å². The minimum atomic E-state index is -3.99.